The lowest BCUT2D eigenvalue weighted by Crippen LogP contribution is -2.16. The molecule has 0 aliphatic carbocycles. The first kappa shape index (κ1) is 14.2. The van der Waals surface area contributed by atoms with Gasteiger partial charge in [0.05, 0.1) is 12.8 Å². The normalized spacial score (nSPS) is 11.9. The summed E-state index contributed by atoms with van der Waals surface area (Å²) in [5.74, 6) is 0.920. The minimum absolute atomic E-state index is 0.306. The molecule has 20 heavy (non-hydrogen) atoms. The standard InChI is InChI=1S/C16H20N2O2/c1-12(5-6-13-7-9-14(19)10-8-13)18-15-4-3-11-17-16(15)20-2/h3-4,7-12,18-19H,5-6H2,1-2H3. The summed E-state index contributed by atoms with van der Waals surface area (Å²) in [6.07, 6.45) is 3.66. The molecule has 1 heterocycles. The molecule has 0 aliphatic rings. The average Bonchev–Trinajstić information content (AvgIpc) is 2.47. The van der Waals surface area contributed by atoms with E-state index in [9.17, 15) is 5.11 Å². The third-order valence-corrected chi connectivity index (χ3v) is 3.17. The van der Waals surface area contributed by atoms with Crippen molar-refractivity contribution in [2.45, 2.75) is 25.8 Å². The van der Waals surface area contributed by atoms with E-state index >= 15 is 0 Å². The zero-order valence-electron chi connectivity index (χ0n) is 11.8. The first-order valence-corrected chi connectivity index (χ1v) is 6.72. The number of methoxy groups -OCH3 is 1. The van der Waals surface area contributed by atoms with Crippen LogP contribution in [-0.4, -0.2) is 23.2 Å². The number of ether oxygens (including phenoxy) is 1. The van der Waals surface area contributed by atoms with Crippen molar-refractivity contribution in [3.8, 4) is 11.6 Å². The third kappa shape index (κ3) is 3.88. The number of nitrogens with one attached hydrogen (secondary N) is 1. The van der Waals surface area contributed by atoms with Crippen molar-refractivity contribution < 1.29 is 9.84 Å². The van der Waals surface area contributed by atoms with Crippen molar-refractivity contribution in [2.75, 3.05) is 12.4 Å². The molecule has 1 atom stereocenters. The van der Waals surface area contributed by atoms with E-state index in [1.54, 1.807) is 25.4 Å². The fourth-order valence-corrected chi connectivity index (χ4v) is 2.05. The first-order valence-electron chi connectivity index (χ1n) is 6.72. The van der Waals surface area contributed by atoms with E-state index < -0.39 is 0 Å². The summed E-state index contributed by atoms with van der Waals surface area (Å²) in [5, 5.41) is 12.7. The molecule has 0 radical (unpaired) electrons. The minimum atomic E-state index is 0.306. The molecule has 4 heteroatoms. The number of anilines is 1. The summed E-state index contributed by atoms with van der Waals surface area (Å²) >= 11 is 0. The van der Waals surface area contributed by atoms with Gasteiger partial charge in [-0.3, -0.25) is 0 Å². The lowest BCUT2D eigenvalue weighted by Gasteiger charge is -2.16. The molecule has 0 fully saturated rings. The molecule has 1 aromatic heterocycles. The Hall–Kier alpha value is -2.23. The third-order valence-electron chi connectivity index (χ3n) is 3.17. The molecule has 2 aromatic rings. The Bertz CT molecular complexity index is 540. The van der Waals surface area contributed by atoms with E-state index in [4.69, 9.17) is 4.74 Å². The monoisotopic (exact) mass is 272 g/mol. The molecule has 106 valence electrons. The largest absolute Gasteiger partial charge is 0.508 e. The number of aromatic hydroxyl groups is 1. The van der Waals surface area contributed by atoms with Gasteiger partial charge in [-0.15, -0.1) is 0 Å². The Balaban J connectivity index is 1.89. The van der Waals surface area contributed by atoms with Gasteiger partial charge < -0.3 is 15.2 Å². The molecule has 0 spiro atoms. The lowest BCUT2D eigenvalue weighted by molar-refractivity contribution is 0.399. The van der Waals surface area contributed by atoms with E-state index in [0.29, 0.717) is 17.7 Å². The van der Waals surface area contributed by atoms with Crippen LogP contribution in [-0.2, 0) is 6.42 Å². The number of rotatable bonds is 6. The highest BCUT2D eigenvalue weighted by Gasteiger charge is 2.07. The zero-order chi connectivity index (χ0) is 14.4. The number of aryl methyl sites for hydroxylation is 1. The second kappa shape index (κ2) is 6.80. The summed E-state index contributed by atoms with van der Waals surface area (Å²) in [4.78, 5) is 4.17. The topological polar surface area (TPSA) is 54.4 Å². The van der Waals surface area contributed by atoms with Crippen LogP contribution >= 0.6 is 0 Å². The summed E-state index contributed by atoms with van der Waals surface area (Å²) in [7, 11) is 1.62. The van der Waals surface area contributed by atoms with E-state index in [2.05, 4.69) is 17.2 Å². The molecular formula is C16H20N2O2. The molecule has 0 amide bonds. The fourth-order valence-electron chi connectivity index (χ4n) is 2.05. The zero-order valence-corrected chi connectivity index (χ0v) is 11.8. The first-order chi connectivity index (χ1) is 9.69. The van der Waals surface area contributed by atoms with Crippen molar-refractivity contribution in [3.05, 3.63) is 48.2 Å². The van der Waals surface area contributed by atoms with E-state index in [0.717, 1.165) is 18.5 Å². The molecule has 0 bridgehead atoms. The van der Waals surface area contributed by atoms with Crippen molar-refractivity contribution in [1.29, 1.82) is 0 Å². The van der Waals surface area contributed by atoms with Crippen molar-refractivity contribution in [2.24, 2.45) is 0 Å². The number of pyridine rings is 1. The molecular weight excluding hydrogens is 252 g/mol. The Morgan fingerprint density at radius 2 is 2.00 bits per heavy atom. The van der Waals surface area contributed by atoms with Crippen LogP contribution in [0.2, 0.25) is 0 Å². The van der Waals surface area contributed by atoms with Gasteiger partial charge in [-0.05, 0) is 49.6 Å². The quantitative estimate of drug-likeness (QED) is 0.847. The molecule has 4 nitrogen and oxygen atoms in total. The maximum absolute atomic E-state index is 9.25. The minimum Gasteiger partial charge on any atom is -0.508 e. The Morgan fingerprint density at radius 1 is 1.25 bits per heavy atom. The number of nitrogens with zero attached hydrogens (tertiary/aromatic N) is 1. The molecule has 0 saturated carbocycles. The van der Waals surface area contributed by atoms with Gasteiger partial charge in [0.2, 0.25) is 5.88 Å². The molecule has 2 N–H and O–H groups in total. The molecule has 1 aromatic carbocycles. The molecule has 1 unspecified atom stereocenters. The summed E-state index contributed by atoms with van der Waals surface area (Å²) < 4.78 is 5.22. The number of phenols is 1. The van der Waals surface area contributed by atoms with Gasteiger partial charge >= 0.3 is 0 Å². The van der Waals surface area contributed by atoms with Gasteiger partial charge in [0.1, 0.15) is 5.75 Å². The van der Waals surface area contributed by atoms with Crippen LogP contribution in [0.5, 0.6) is 11.6 Å². The predicted molar refractivity (Wildman–Crippen MR) is 80.3 cm³/mol. The van der Waals surface area contributed by atoms with Crippen molar-refractivity contribution >= 4 is 5.69 Å². The Labute approximate surface area is 119 Å². The number of phenolic OH excluding ortho intramolecular Hbond substituents is 1. The van der Waals surface area contributed by atoms with Gasteiger partial charge in [-0.25, -0.2) is 4.98 Å². The van der Waals surface area contributed by atoms with Gasteiger partial charge in [-0.2, -0.15) is 0 Å². The van der Waals surface area contributed by atoms with Gasteiger partial charge in [0, 0.05) is 12.2 Å². The number of hydrogen-bond donors (Lipinski definition) is 2. The summed E-state index contributed by atoms with van der Waals surface area (Å²) in [6, 6.07) is 11.5. The van der Waals surface area contributed by atoms with Crippen LogP contribution in [0.4, 0.5) is 5.69 Å². The SMILES string of the molecule is COc1ncccc1NC(C)CCc1ccc(O)cc1. The number of benzene rings is 1. The highest BCUT2D eigenvalue weighted by Crippen LogP contribution is 2.21. The summed E-state index contributed by atoms with van der Waals surface area (Å²) in [6.45, 7) is 2.13. The van der Waals surface area contributed by atoms with Crippen LogP contribution in [0.15, 0.2) is 42.6 Å². The van der Waals surface area contributed by atoms with Gasteiger partial charge in [0.15, 0.2) is 0 Å². The number of hydrogen-bond acceptors (Lipinski definition) is 4. The second-order valence-electron chi connectivity index (χ2n) is 4.81. The Morgan fingerprint density at radius 3 is 2.70 bits per heavy atom. The second-order valence-corrected chi connectivity index (χ2v) is 4.81. The maximum atomic E-state index is 9.25. The van der Waals surface area contributed by atoms with E-state index in [1.165, 1.54) is 5.56 Å². The molecule has 0 aliphatic heterocycles. The predicted octanol–water partition coefficient (Wildman–Crippen LogP) is 3.23. The van der Waals surface area contributed by atoms with E-state index in [-0.39, 0.29) is 0 Å². The highest BCUT2D eigenvalue weighted by molar-refractivity contribution is 5.52. The van der Waals surface area contributed by atoms with Crippen LogP contribution in [0.25, 0.3) is 0 Å². The lowest BCUT2D eigenvalue weighted by atomic mass is 10.1. The highest BCUT2D eigenvalue weighted by atomic mass is 16.5. The smallest absolute Gasteiger partial charge is 0.237 e. The fraction of sp³-hybridized carbons (Fsp3) is 0.312. The molecule has 0 saturated heterocycles. The Kier molecular flexibility index (Phi) is 4.82. The van der Waals surface area contributed by atoms with Crippen LogP contribution in [0.1, 0.15) is 18.9 Å². The van der Waals surface area contributed by atoms with Crippen molar-refractivity contribution in [1.82, 2.24) is 4.98 Å². The average molecular weight is 272 g/mol. The van der Waals surface area contributed by atoms with Crippen LogP contribution < -0.4 is 10.1 Å². The van der Waals surface area contributed by atoms with E-state index in [1.807, 2.05) is 24.3 Å². The van der Waals surface area contributed by atoms with Crippen LogP contribution in [0.3, 0.4) is 0 Å². The summed E-state index contributed by atoms with van der Waals surface area (Å²) in [5.41, 5.74) is 2.13. The van der Waals surface area contributed by atoms with Gasteiger partial charge in [-0.1, -0.05) is 12.1 Å². The number of aromatic nitrogens is 1. The molecule has 2 rings (SSSR count). The van der Waals surface area contributed by atoms with Crippen LogP contribution in [0, 0.1) is 0 Å². The van der Waals surface area contributed by atoms with Gasteiger partial charge in [0.25, 0.3) is 0 Å². The van der Waals surface area contributed by atoms with Crippen molar-refractivity contribution in [3.63, 3.8) is 0 Å². The maximum Gasteiger partial charge on any atom is 0.237 e.